The maximum atomic E-state index is 11.9. The van der Waals surface area contributed by atoms with Crippen molar-refractivity contribution < 1.29 is 14.6 Å². The monoisotopic (exact) mass is 229 g/mol. The Kier molecular flexibility index (Phi) is 5.77. The summed E-state index contributed by atoms with van der Waals surface area (Å²) in [5, 5.41) is 9.36. The number of hydrogen-bond acceptors (Lipinski definition) is 3. The number of ether oxygens (including phenoxy) is 1. The Bertz CT molecular complexity index is 218. The maximum Gasteiger partial charge on any atom is 0.225 e. The zero-order valence-corrected chi connectivity index (χ0v) is 10.3. The Hall–Kier alpha value is -0.610. The lowest BCUT2D eigenvalue weighted by Gasteiger charge is -2.25. The largest absolute Gasteiger partial charge is 0.393 e. The molecule has 0 saturated carbocycles. The second kappa shape index (κ2) is 6.86. The van der Waals surface area contributed by atoms with Gasteiger partial charge in [0.05, 0.1) is 19.1 Å². The predicted octanol–water partition coefficient (Wildman–Crippen LogP) is 1.17. The number of carbonyl (C=O) groups is 1. The average Bonchev–Trinajstić information content (AvgIpc) is 2.65. The first kappa shape index (κ1) is 13.5. The molecule has 1 amide bonds. The zero-order valence-electron chi connectivity index (χ0n) is 10.3. The van der Waals surface area contributed by atoms with Crippen LogP contribution in [0.2, 0.25) is 0 Å². The third-order valence-corrected chi connectivity index (χ3v) is 2.98. The smallest absolute Gasteiger partial charge is 0.225 e. The van der Waals surface area contributed by atoms with Gasteiger partial charge in [-0.3, -0.25) is 4.79 Å². The standard InChI is InChI=1S/C12H23NO3/c1-3-16-8-6-12(15)13-7-4-5-11(13)9-10(2)14/h10-11,14H,3-9H2,1-2H3. The van der Waals surface area contributed by atoms with Crippen LogP contribution in [0.15, 0.2) is 0 Å². The molecule has 16 heavy (non-hydrogen) atoms. The lowest BCUT2D eigenvalue weighted by molar-refractivity contribution is -0.133. The zero-order chi connectivity index (χ0) is 12.0. The molecule has 2 unspecified atom stereocenters. The van der Waals surface area contributed by atoms with E-state index in [2.05, 4.69) is 0 Å². The molecule has 0 aliphatic carbocycles. The van der Waals surface area contributed by atoms with Crippen molar-refractivity contribution >= 4 is 5.91 Å². The Labute approximate surface area is 97.6 Å². The van der Waals surface area contributed by atoms with Gasteiger partial charge in [0.2, 0.25) is 5.91 Å². The van der Waals surface area contributed by atoms with Crippen molar-refractivity contribution in [2.45, 2.75) is 51.7 Å². The number of hydrogen-bond donors (Lipinski definition) is 1. The summed E-state index contributed by atoms with van der Waals surface area (Å²) in [5.41, 5.74) is 0. The predicted molar refractivity (Wildman–Crippen MR) is 62.1 cm³/mol. The molecular weight excluding hydrogens is 206 g/mol. The molecule has 1 N–H and O–H groups in total. The summed E-state index contributed by atoms with van der Waals surface area (Å²) in [6.45, 7) is 5.71. The number of aliphatic hydroxyl groups is 1. The van der Waals surface area contributed by atoms with Gasteiger partial charge in [-0.1, -0.05) is 0 Å². The fourth-order valence-electron chi connectivity index (χ4n) is 2.25. The first-order valence-electron chi connectivity index (χ1n) is 6.20. The Balaban J connectivity index is 2.35. The van der Waals surface area contributed by atoms with Crippen LogP contribution in [0.1, 0.15) is 39.5 Å². The van der Waals surface area contributed by atoms with Crippen LogP contribution in [0.5, 0.6) is 0 Å². The van der Waals surface area contributed by atoms with Crippen molar-refractivity contribution in [2.24, 2.45) is 0 Å². The molecule has 2 atom stereocenters. The van der Waals surface area contributed by atoms with E-state index >= 15 is 0 Å². The van der Waals surface area contributed by atoms with Gasteiger partial charge in [0.15, 0.2) is 0 Å². The quantitative estimate of drug-likeness (QED) is 0.696. The van der Waals surface area contributed by atoms with E-state index in [0.29, 0.717) is 26.1 Å². The number of nitrogens with zero attached hydrogens (tertiary/aromatic N) is 1. The SMILES string of the molecule is CCOCCC(=O)N1CCCC1CC(C)O. The molecule has 0 radical (unpaired) electrons. The third-order valence-electron chi connectivity index (χ3n) is 2.98. The summed E-state index contributed by atoms with van der Waals surface area (Å²) in [7, 11) is 0. The van der Waals surface area contributed by atoms with Gasteiger partial charge in [-0.25, -0.2) is 0 Å². The molecule has 0 bridgehead atoms. The van der Waals surface area contributed by atoms with Gasteiger partial charge in [0, 0.05) is 19.2 Å². The summed E-state index contributed by atoms with van der Waals surface area (Å²) in [5.74, 6) is 0.164. The van der Waals surface area contributed by atoms with E-state index in [9.17, 15) is 9.90 Å². The van der Waals surface area contributed by atoms with E-state index in [0.717, 1.165) is 19.4 Å². The highest BCUT2D eigenvalue weighted by molar-refractivity contribution is 5.76. The van der Waals surface area contributed by atoms with Crippen molar-refractivity contribution in [3.63, 3.8) is 0 Å². The molecule has 1 rings (SSSR count). The molecule has 4 nitrogen and oxygen atoms in total. The fourth-order valence-corrected chi connectivity index (χ4v) is 2.25. The van der Waals surface area contributed by atoms with Gasteiger partial charge in [-0.05, 0) is 33.1 Å². The maximum absolute atomic E-state index is 11.9. The highest BCUT2D eigenvalue weighted by atomic mass is 16.5. The molecule has 0 spiro atoms. The number of rotatable bonds is 6. The van der Waals surface area contributed by atoms with Crippen molar-refractivity contribution in [1.29, 1.82) is 0 Å². The fraction of sp³-hybridized carbons (Fsp3) is 0.917. The van der Waals surface area contributed by atoms with E-state index in [4.69, 9.17) is 4.74 Å². The van der Waals surface area contributed by atoms with Crippen LogP contribution >= 0.6 is 0 Å². The molecule has 94 valence electrons. The molecule has 1 heterocycles. The van der Waals surface area contributed by atoms with E-state index < -0.39 is 0 Å². The van der Waals surface area contributed by atoms with Crippen LogP contribution in [-0.4, -0.2) is 47.8 Å². The minimum Gasteiger partial charge on any atom is -0.393 e. The van der Waals surface area contributed by atoms with Gasteiger partial charge in [-0.2, -0.15) is 0 Å². The summed E-state index contributed by atoms with van der Waals surface area (Å²) in [6, 6.07) is 0.231. The Morgan fingerprint density at radius 3 is 3.00 bits per heavy atom. The molecule has 4 heteroatoms. The first-order chi connectivity index (χ1) is 7.65. The highest BCUT2D eigenvalue weighted by Gasteiger charge is 2.28. The number of aliphatic hydroxyl groups excluding tert-OH is 1. The third kappa shape index (κ3) is 4.10. The van der Waals surface area contributed by atoms with Crippen molar-refractivity contribution in [1.82, 2.24) is 4.90 Å². The van der Waals surface area contributed by atoms with Gasteiger partial charge < -0.3 is 14.7 Å². The minimum atomic E-state index is -0.328. The lowest BCUT2D eigenvalue weighted by Crippen LogP contribution is -2.37. The van der Waals surface area contributed by atoms with Crippen molar-refractivity contribution in [2.75, 3.05) is 19.8 Å². The van der Waals surface area contributed by atoms with Gasteiger partial charge in [-0.15, -0.1) is 0 Å². The topological polar surface area (TPSA) is 49.8 Å². The van der Waals surface area contributed by atoms with E-state index in [1.165, 1.54) is 0 Å². The van der Waals surface area contributed by atoms with Crippen LogP contribution in [-0.2, 0) is 9.53 Å². The highest BCUT2D eigenvalue weighted by Crippen LogP contribution is 2.22. The normalized spacial score (nSPS) is 22.4. The van der Waals surface area contributed by atoms with Crippen LogP contribution in [0.3, 0.4) is 0 Å². The molecule has 0 aromatic rings. The summed E-state index contributed by atoms with van der Waals surface area (Å²) < 4.78 is 5.18. The number of amides is 1. The van der Waals surface area contributed by atoms with E-state index in [-0.39, 0.29) is 18.1 Å². The van der Waals surface area contributed by atoms with Gasteiger partial charge in [0.25, 0.3) is 0 Å². The molecule has 0 aromatic heterocycles. The van der Waals surface area contributed by atoms with Crippen LogP contribution in [0.4, 0.5) is 0 Å². The second-order valence-corrected chi connectivity index (χ2v) is 4.41. The van der Waals surface area contributed by atoms with Crippen LogP contribution in [0, 0.1) is 0 Å². The lowest BCUT2D eigenvalue weighted by atomic mass is 10.1. The van der Waals surface area contributed by atoms with E-state index in [1.54, 1.807) is 6.92 Å². The average molecular weight is 229 g/mol. The molecular formula is C12H23NO3. The first-order valence-corrected chi connectivity index (χ1v) is 6.20. The number of likely N-dealkylation sites (tertiary alicyclic amines) is 1. The number of carbonyl (C=O) groups excluding carboxylic acids is 1. The summed E-state index contributed by atoms with van der Waals surface area (Å²) in [4.78, 5) is 13.8. The molecule has 1 saturated heterocycles. The Morgan fingerprint density at radius 2 is 2.38 bits per heavy atom. The minimum absolute atomic E-state index is 0.164. The van der Waals surface area contributed by atoms with Gasteiger partial charge in [0.1, 0.15) is 0 Å². The second-order valence-electron chi connectivity index (χ2n) is 4.41. The van der Waals surface area contributed by atoms with Gasteiger partial charge >= 0.3 is 0 Å². The Morgan fingerprint density at radius 1 is 1.62 bits per heavy atom. The van der Waals surface area contributed by atoms with Crippen molar-refractivity contribution in [3.8, 4) is 0 Å². The summed E-state index contributed by atoms with van der Waals surface area (Å²) in [6.07, 6.45) is 2.90. The van der Waals surface area contributed by atoms with Crippen LogP contribution < -0.4 is 0 Å². The molecule has 0 aromatic carbocycles. The molecule has 1 fully saturated rings. The molecule has 1 aliphatic rings. The van der Waals surface area contributed by atoms with E-state index in [1.807, 2.05) is 11.8 Å². The summed E-state index contributed by atoms with van der Waals surface area (Å²) >= 11 is 0. The molecule has 1 aliphatic heterocycles. The van der Waals surface area contributed by atoms with Crippen molar-refractivity contribution in [3.05, 3.63) is 0 Å². The van der Waals surface area contributed by atoms with Crippen LogP contribution in [0.25, 0.3) is 0 Å².